The number of hydrogen-bond donors (Lipinski definition) is 2. The first-order valence-corrected chi connectivity index (χ1v) is 3.67. The van der Waals surface area contributed by atoms with Crippen molar-refractivity contribution in [1.82, 2.24) is 0 Å². The minimum absolute atomic E-state index is 0.102. The Kier molecular flexibility index (Phi) is 2.33. The maximum Gasteiger partial charge on any atom is 0.221 e. The second kappa shape index (κ2) is 3.26. The Bertz CT molecular complexity index is 287. The summed E-state index contributed by atoms with van der Waals surface area (Å²) in [6.07, 6.45) is 0. The predicted molar refractivity (Wildman–Crippen MR) is 47.1 cm³/mol. The van der Waals surface area contributed by atoms with Gasteiger partial charge in [0.1, 0.15) is 5.75 Å². The van der Waals surface area contributed by atoms with E-state index in [1.54, 1.807) is 6.07 Å². The quantitative estimate of drug-likeness (QED) is 0.622. The smallest absolute Gasteiger partial charge is 0.221 e. The molecule has 0 heterocycles. The van der Waals surface area contributed by atoms with Crippen LogP contribution in [0.3, 0.4) is 0 Å². The molecule has 0 saturated heterocycles. The van der Waals surface area contributed by atoms with Crippen LogP contribution in [-0.4, -0.2) is 11.0 Å². The van der Waals surface area contributed by atoms with Gasteiger partial charge in [-0.2, -0.15) is 0 Å². The van der Waals surface area contributed by atoms with Crippen LogP contribution >= 0.6 is 0 Å². The van der Waals surface area contributed by atoms with Gasteiger partial charge in [-0.15, -0.1) is 0 Å². The Balaban J connectivity index is 3.04. The average molecular weight is 165 g/mol. The van der Waals surface area contributed by atoms with Gasteiger partial charge in [0.05, 0.1) is 5.69 Å². The molecule has 0 radical (unpaired) electrons. The number of benzene rings is 1. The van der Waals surface area contributed by atoms with Crippen molar-refractivity contribution < 1.29 is 9.90 Å². The van der Waals surface area contributed by atoms with Gasteiger partial charge in [-0.1, -0.05) is 12.1 Å². The SMILES string of the molecule is CC(=O)Nc1c(C)cccc1O. The van der Waals surface area contributed by atoms with Crippen molar-refractivity contribution in [2.75, 3.05) is 5.32 Å². The molecule has 0 aliphatic heterocycles. The van der Waals surface area contributed by atoms with E-state index in [-0.39, 0.29) is 11.7 Å². The Hall–Kier alpha value is -1.51. The number of phenolic OH excluding ortho intramolecular Hbond substituents is 1. The van der Waals surface area contributed by atoms with Gasteiger partial charge >= 0.3 is 0 Å². The normalized spacial score (nSPS) is 9.50. The minimum Gasteiger partial charge on any atom is -0.506 e. The van der Waals surface area contributed by atoms with Crippen molar-refractivity contribution in [3.63, 3.8) is 0 Å². The Labute approximate surface area is 71.0 Å². The molecular weight excluding hydrogens is 154 g/mol. The third kappa shape index (κ3) is 1.75. The third-order valence-corrected chi connectivity index (χ3v) is 1.55. The zero-order valence-corrected chi connectivity index (χ0v) is 7.09. The van der Waals surface area contributed by atoms with E-state index in [2.05, 4.69) is 5.32 Å². The summed E-state index contributed by atoms with van der Waals surface area (Å²) in [7, 11) is 0. The van der Waals surface area contributed by atoms with Gasteiger partial charge in [-0.25, -0.2) is 0 Å². The highest BCUT2D eigenvalue weighted by Crippen LogP contribution is 2.25. The van der Waals surface area contributed by atoms with Crippen molar-refractivity contribution in [1.29, 1.82) is 0 Å². The summed E-state index contributed by atoms with van der Waals surface area (Å²) in [6, 6.07) is 5.10. The molecule has 0 bridgehead atoms. The van der Waals surface area contributed by atoms with Gasteiger partial charge in [0.25, 0.3) is 0 Å². The van der Waals surface area contributed by atoms with Gasteiger partial charge < -0.3 is 10.4 Å². The standard InChI is InChI=1S/C9H11NO2/c1-6-4-3-5-8(12)9(6)10-7(2)11/h3-5,12H,1-2H3,(H,10,11). The molecule has 0 aromatic heterocycles. The summed E-state index contributed by atoms with van der Waals surface area (Å²) in [5, 5.41) is 11.9. The lowest BCUT2D eigenvalue weighted by Crippen LogP contribution is -2.07. The highest BCUT2D eigenvalue weighted by molar-refractivity contribution is 5.91. The molecule has 1 rings (SSSR count). The topological polar surface area (TPSA) is 49.3 Å². The second-order valence-corrected chi connectivity index (χ2v) is 2.65. The monoisotopic (exact) mass is 165 g/mol. The number of carbonyl (C=O) groups excluding carboxylic acids is 1. The van der Waals surface area contributed by atoms with Crippen LogP contribution in [0.25, 0.3) is 0 Å². The summed E-state index contributed by atoms with van der Waals surface area (Å²) in [6.45, 7) is 3.23. The molecule has 2 N–H and O–H groups in total. The molecule has 0 unspecified atom stereocenters. The van der Waals surface area contributed by atoms with E-state index < -0.39 is 0 Å². The summed E-state index contributed by atoms with van der Waals surface area (Å²) >= 11 is 0. The molecule has 64 valence electrons. The van der Waals surface area contributed by atoms with E-state index in [0.717, 1.165) is 5.56 Å². The number of carbonyl (C=O) groups is 1. The fourth-order valence-corrected chi connectivity index (χ4v) is 0.991. The van der Waals surface area contributed by atoms with Gasteiger partial charge in [0.2, 0.25) is 5.91 Å². The van der Waals surface area contributed by atoms with Crippen molar-refractivity contribution in [2.45, 2.75) is 13.8 Å². The van der Waals surface area contributed by atoms with Crippen molar-refractivity contribution in [2.24, 2.45) is 0 Å². The van der Waals surface area contributed by atoms with E-state index in [9.17, 15) is 9.90 Å². The second-order valence-electron chi connectivity index (χ2n) is 2.65. The van der Waals surface area contributed by atoms with Crippen LogP contribution in [0.15, 0.2) is 18.2 Å². The molecule has 1 aromatic carbocycles. The molecule has 0 saturated carbocycles. The molecule has 1 aromatic rings. The summed E-state index contributed by atoms with van der Waals surface area (Å²) in [4.78, 5) is 10.7. The third-order valence-electron chi connectivity index (χ3n) is 1.55. The molecule has 0 fully saturated rings. The van der Waals surface area contributed by atoms with Crippen LogP contribution in [-0.2, 0) is 4.79 Å². The molecular formula is C9H11NO2. The average Bonchev–Trinajstić information content (AvgIpc) is 1.97. The molecule has 1 amide bonds. The number of para-hydroxylation sites is 1. The highest BCUT2D eigenvalue weighted by Gasteiger charge is 2.04. The summed E-state index contributed by atoms with van der Waals surface area (Å²) in [5.74, 6) is -0.0789. The molecule has 12 heavy (non-hydrogen) atoms. The number of rotatable bonds is 1. The molecule has 0 aliphatic rings. The lowest BCUT2D eigenvalue weighted by atomic mass is 10.2. The lowest BCUT2D eigenvalue weighted by Gasteiger charge is -2.07. The summed E-state index contributed by atoms with van der Waals surface area (Å²) < 4.78 is 0. The van der Waals surface area contributed by atoms with Crippen LogP contribution in [0.5, 0.6) is 5.75 Å². The fraction of sp³-hybridized carbons (Fsp3) is 0.222. The van der Waals surface area contributed by atoms with E-state index >= 15 is 0 Å². The van der Waals surface area contributed by atoms with E-state index in [0.29, 0.717) is 5.69 Å². The van der Waals surface area contributed by atoms with Crippen LogP contribution in [0.2, 0.25) is 0 Å². The van der Waals surface area contributed by atoms with Crippen LogP contribution in [0.4, 0.5) is 5.69 Å². The van der Waals surface area contributed by atoms with Gasteiger partial charge in [-0.05, 0) is 18.6 Å². The Morgan fingerprint density at radius 2 is 2.17 bits per heavy atom. The largest absolute Gasteiger partial charge is 0.506 e. The maximum atomic E-state index is 10.7. The molecule has 0 spiro atoms. The predicted octanol–water partition coefficient (Wildman–Crippen LogP) is 1.66. The summed E-state index contributed by atoms with van der Waals surface area (Å²) in [5.41, 5.74) is 1.34. The van der Waals surface area contributed by atoms with E-state index in [1.807, 2.05) is 13.0 Å². The van der Waals surface area contributed by atoms with Crippen LogP contribution in [0, 0.1) is 6.92 Å². The van der Waals surface area contributed by atoms with Gasteiger partial charge in [0.15, 0.2) is 0 Å². The highest BCUT2D eigenvalue weighted by atomic mass is 16.3. The van der Waals surface area contributed by atoms with Gasteiger partial charge in [-0.3, -0.25) is 4.79 Å². The maximum absolute atomic E-state index is 10.7. The molecule has 3 nitrogen and oxygen atoms in total. The van der Waals surface area contributed by atoms with Gasteiger partial charge in [0, 0.05) is 6.92 Å². The van der Waals surface area contributed by atoms with E-state index in [1.165, 1.54) is 13.0 Å². The minimum atomic E-state index is -0.181. The first-order valence-electron chi connectivity index (χ1n) is 3.67. The van der Waals surface area contributed by atoms with Crippen LogP contribution in [0.1, 0.15) is 12.5 Å². The number of phenols is 1. The lowest BCUT2D eigenvalue weighted by molar-refractivity contribution is -0.114. The fourth-order valence-electron chi connectivity index (χ4n) is 0.991. The zero-order valence-electron chi connectivity index (χ0n) is 7.09. The van der Waals surface area contributed by atoms with Crippen molar-refractivity contribution in [3.8, 4) is 5.75 Å². The number of aromatic hydroxyl groups is 1. The first kappa shape index (κ1) is 8.59. The van der Waals surface area contributed by atoms with Crippen molar-refractivity contribution >= 4 is 11.6 Å². The molecule has 3 heteroatoms. The number of aryl methyl sites for hydroxylation is 1. The molecule has 0 aliphatic carbocycles. The van der Waals surface area contributed by atoms with Crippen molar-refractivity contribution in [3.05, 3.63) is 23.8 Å². The number of anilines is 1. The molecule has 0 atom stereocenters. The first-order chi connectivity index (χ1) is 5.61. The Morgan fingerprint density at radius 1 is 1.50 bits per heavy atom. The van der Waals surface area contributed by atoms with E-state index in [4.69, 9.17) is 0 Å². The van der Waals surface area contributed by atoms with Crippen LogP contribution < -0.4 is 5.32 Å². The number of amides is 1. The Morgan fingerprint density at radius 3 is 2.67 bits per heavy atom. The number of nitrogens with one attached hydrogen (secondary N) is 1. The number of hydrogen-bond acceptors (Lipinski definition) is 2. The zero-order chi connectivity index (χ0) is 9.14.